The van der Waals surface area contributed by atoms with Crippen LogP contribution in [0.3, 0.4) is 0 Å². The van der Waals surface area contributed by atoms with Gasteiger partial charge in [-0.3, -0.25) is 9.59 Å². The van der Waals surface area contributed by atoms with Crippen LogP contribution in [-0.2, 0) is 4.79 Å². The van der Waals surface area contributed by atoms with Gasteiger partial charge < -0.3 is 20.3 Å². The molecule has 1 saturated carbocycles. The summed E-state index contributed by atoms with van der Waals surface area (Å²) in [6.07, 6.45) is 6.54. The van der Waals surface area contributed by atoms with Crippen LogP contribution < -0.4 is 16.1 Å². The van der Waals surface area contributed by atoms with E-state index >= 15 is 0 Å². The van der Waals surface area contributed by atoms with Crippen molar-refractivity contribution in [3.8, 4) is 0 Å². The van der Waals surface area contributed by atoms with Crippen LogP contribution in [0, 0.1) is 5.82 Å². The lowest BCUT2D eigenvalue weighted by Gasteiger charge is -2.25. The Morgan fingerprint density at radius 1 is 1.28 bits per heavy atom. The first-order chi connectivity index (χ1) is 13.8. The number of carbonyl (C=O) groups excluding carboxylic acids is 1. The maximum atomic E-state index is 14.8. The lowest BCUT2D eigenvalue weighted by molar-refractivity contribution is -0.119. The number of fused-ring (bicyclic) bond motifs is 1. The van der Waals surface area contributed by atoms with E-state index in [0.29, 0.717) is 11.2 Å². The Labute approximate surface area is 167 Å². The first kappa shape index (κ1) is 20.8. The van der Waals surface area contributed by atoms with Crippen molar-refractivity contribution >= 4 is 28.5 Å². The van der Waals surface area contributed by atoms with Crippen molar-refractivity contribution < 1.29 is 19.1 Å². The SMILES string of the molecule is CC(=O)NCC(C)n1cc(C(=O)O)c(=O)c2cc(F)c(NC3CCCCC3)cc21. The molecule has 0 aliphatic heterocycles. The third-order valence-corrected chi connectivity index (χ3v) is 5.44. The maximum absolute atomic E-state index is 14.8. The molecule has 1 aromatic carbocycles. The first-order valence-electron chi connectivity index (χ1n) is 9.90. The zero-order valence-electron chi connectivity index (χ0n) is 16.6. The van der Waals surface area contributed by atoms with Crippen molar-refractivity contribution in [1.29, 1.82) is 0 Å². The lowest BCUT2D eigenvalue weighted by atomic mass is 9.95. The highest BCUT2D eigenvalue weighted by Gasteiger charge is 2.21. The number of hydrogen-bond donors (Lipinski definition) is 3. The molecule has 1 atom stereocenters. The summed E-state index contributed by atoms with van der Waals surface area (Å²) in [6.45, 7) is 3.43. The van der Waals surface area contributed by atoms with Crippen molar-refractivity contribution in [3.05, 3.63) is 39.9 Å². The number of carboxylic acids is 1. The zero-order valence-corrected chi connectivity index (χ0v) is 16.6. The van der Waals surface area contributed by atoms with Crippen molar-refractivity contribution in [2.75, 3.05) is 11.9 Å². The number of carboxylic acid groups (broad SMARTS) is 1. The smallest absolute Gasteiger partial charge is 0.341 e. The van der Waals surface area contributed by atoms with E-state index in [4.69, 9.17) is 0 Å². The highest BCUT2D eigenvalue weighted by Crippen LogP contribution is 2.27. The number of amides is 1. The van der Waals surface area contributed by atoms with Crippen LogP contribution in [0.4, 0.5) is 10.1 Å². The Morgan fingerprint density at radius 2 is 1.97 bits per heavy atom. The largest absolute Gasteiger partial charge is 0.477 e. The van der Waals surface area contributed by atoms with Gasteiger partial charge in [0.1, 0.15) is 11.4 Å². The monoisotopic (exact) mass is 403 g/mol. The number of nitrogens with one attached hydrogen (secondary N) is 2. The second kappa shape index (κ2) is 8.63. The molecular formula is C21H26FN3O4. The minimum absolute atomic E-state index is 0.00580. The molecule has 0 radical (unpaired) electrons. The molecule has 0 bridgehead atoms. The molecule has 0 saturated heterocycles. The normalized spacial score (nSPS) is 15.8. The molecule has 0 spiro atoms. The number of benzene rings is 1. The van der Waals surface area contributed by atoms with E-state index in [9.17, 15) is 23.9 Å². The summed E-state index contributed by atoms with van der Waals surface area (Å²) in [7, 11) is 0. The molecule has 1 aliphatic carbocycles. The third kappa shape index (κ3) is 4.58. The van der Waals surface area contributed by atoms with Gasteiger partial charge in [0, 0.05) is 37.1 Å². The highest BCUT2D eigenvalue weighted by atomic mass is 19.1. The molecule has 156 valence electrons. The summed E-state index contributed by atoms with van der Waals surface area (Å²) >= 11 is 0. The number of aromatic nitrogens is 1. The van der Waals surface area contributed by atoms with Crippen molar-refractivity contribution in [1.82, 2.24) is 9.88 Å². The van der Waals surface area contributed by atoms with E-state index in [1.54, 1.807) is 17.6 Å². The number of aromatic carboxylic acids is 1. The molecule has 3 rings (SSSR count). The summed E-state index contributed by atoms with van der Waals surface area (Å²) < 4.78 is 16.4. The van der Waals surface area contributed by atoms with Gasteiger partial charge in [-0.05, 0) is 31.9 Å². The Bertz CT molecular complexity index is 996. The maximum Gasteiger partial charge on any atom is 0.341 e. The summed E-state index contributed by atoms with van der Waals surface area (Å²) in [6, 6.07) is 2.51. The van der Waals surface area contributed by atoms with Gasteiger partial charge in [0.15, 0.2) is 0 Å². The fraction of sp³-hybridized carbons (Fsp3) is 0.476. The van der Waals surface area contributed by atoms with Gasteiger partial charge >= 0.3 is 5.97 Å². The van der Waals surface area contributed by atoms with Crippen molar-refractivity contribution in [3.63, 3.8) is 0 Å². The number of rotatable bonds is 6. The Hall–Kier alpha value is -2.90. The Morgan fingerprint density at radius 3 is 2.59 bits per heavy atom. The molecule has 1 amide bonds. The average molecular weight is 403 g/mol. The van der Waals surface area contributed by atoms with Gasteiger partial charge in [0.2, 0.25) is 11.3 Å². The van der Waals surface area contributed by atoms with Gasteiger partial charge in [0.05, 0.1) is 11.2 Å². The fourth-order valence-corrected chi connectivity index (χ4v) is 3.85. The zero-order chi connectivity index (χ0) is 21.1. The standard InChI is InChI=1S/C21H26FN3O4/c1-12(10-23-13(2)26)25-11-16(21(28)29)20(27)15-8-17(22)18(9-19(15)25)24-14-6-4-3-5-7-14/h8-9,11-12,14,24H,3-7,10H2,1-2H3,(H,23,26)(H,28,29). The van der Waals surface area contributed by atoms with Crippen LogP contribution in [0.25, 0.3) is 10.9 Å². The number of pyridine rings is 1. The average Bonchev–Trinajstić information content (AvgIpc) is 2.68. The number of nitrogens with zero attached hydrogens (tertiary/aromatic N) is 1. The predicted octanol–water partition coefficient (Wildman–Crippen LogP) is 3.28. The number of carbonyl (C=O) groups is 2. The summed E-state index contributed by atoms with van der Waals surface area (Å²) in [5, 5.41) is 15.3. The molecule has 7 nitrogen and oxygen atoms in total. The molecule has 2 aromatic rings. The first-order valence-corrected chi connectivity index (χ1v) is 9.90. The number of halogens is 1. The van der Waals surface area contributed by atoms with Crippen LogP contribution in [0.1, 0.15) is 62.4 Å². The van der Waals surface area contributed by atoms with Crippen LogP contribution in [0.5, 0.6) is 0 Å². The third-order valence-electron chi connectivity index (χ3n) is 5.44. The molecular weight excluding hydrogens is 377 g/mol. The van der Waals surface area contributed by atoms with Gasteiger partial charge in [-0.2, -0.15) is 0 Å². The second-order valence-electron chi connectivity index (χ2n) is 7.70. The molecule has 3 N–H and O–H groups in total. The quantitative estimate of drug-likeness (QED) is 0.687. The van der Waals surface area contributed by atoms with Crippen molar-refractivity contribution in [2.24, 2.45) is 0 Å². The molecule has 1 unspecified atom stereocenters. The summed E-state index contributed by atoms with van der Waals surface area (Å²) in [5.41, 5.74) is -0.428. The van der Waals surface area contributed by atoms with Gasteiger partial charge in [-0.1, -0.05) is 19.3 Å². The Balaban J connectivity index is 2.11. The van der Waals surface area contributed by atoms with Crippen molar-refractivity contribution in [2.45, 2.75) is 58.0 Å². The van der Waals surface area contributed by atoms with E-state index < -0.39 is 22.8 Å². The van der Waals surface area contributed by atoms with E-state index in [-0.39, 0.29) is 29.9 Å². The van der Waals surface area contributed by atoms with E-state index in [1.807, 2.05) is 0 Å². The molecule has 1 aliphatic rings. The predicted molar refractivity (Wildman–Crippen MR) is 109 cm³/mol. The Kier molecular flexibility index (Phi) is 6.20. The lowest BCUT2D eigenvalue weighted by Crippen LogP contribution is -2.29. The molecule has 8 heteroatoms. The van der Waals surface area contributed by atoms with Gasteiger partial charge in [-0.15, -0.1) is 0 Å². The van der Waals surface area contributed by atoms with Gasteiger partial charge in [-0.25, -0.2) is 9.18 Å². The minimum Gasteiger partial charge on any atom is -0.477 e. The fourth-order valence-electron chi connectivity index (χ4n) is 3.85. The minimum atomic E-state index is -1.37. The molecule has 29 heavy (non-hydrogen) atoms. The molecule has 1 aromatic heterocycles. The molecule has 1 fully saturated rings. The van der Waals surface area contributed by atoms with Gasteiger partial charge in [0.25, 0.3) is 0 Å². The van der Waals surface area contributed by atoms with Crippen LogP contribution in [0.15, 0.2) is 23.1 Å². The summed E-state index contributed by atoms with van der Waals surface area (Å²) in [4.78, 5) is 35.4. The summed E-state index contributed by atoms with van der Waals surface area (Å²) in [5.74, 6) is -2.17. The van der Waals surface area contributed by atoms with Crippen LogP contribution >= 0.6 is 0 Å². The van der Waals surface area contributed by atoms with E-state index in [1.165, 1.54) is 19.5 Å². The second-order valence-corrected chi connectivity index (χ2v) is 7.70. The molecule has 1 heterocycles. The topological polar surface area (TPSA) is 100 Å². The van der Waals surface area contributed by atoms with Crippen LogP contribution in [-0.4, -0.2) is 34.1 Å². The van der Waals surface area contributed by atoms with E-state index in [0.717, 1.165) is 31.7 Å². The number of anilines is 1. The highest BCUT2D eigenvalue weighted by molar-refractivity contribution is 5.93. The number of hydrogen-bond acceptors (Lipinski definition) is 4. The van der Waals surface area contributed by atoms with Crippen LogP contribution in [0.2, 0.25) is 0 Å². The van der Waals surface area contributed by atoms with E-state index in [2.05, 4.69) is 10.6 Å².